The van der Waals surface area contributed by atoms with Crippen molar-refractivity contribution in [1.29, 1.82) is 0 Å². The van der Waals surface area contributed by atoms with Gasteiger partial charge in [-0.15, -0.1) is 0 Å². The molecule has 0 radical (unpaired) electrons. The zero-order valence-electron chi connectivity index (χ0n) is 16.4. The summed E-state index contributed by atoms with van der Waals surface area (Å²) in [7, 11) is 0. The van der Waals surface area contributed by atoms with Gasteiger partial charge in [-0.2, -0.15) is 0 Å². The minimum Gasteiger partial charge on any atom is -1.00 e. The van der Waals surface area contributed by atoms with Crippen LogP contribution in [0.15, 0.2) is 0 Å². The van der Waals surface area contributed by atoms with Crippen LogP contribution in [0.3, 0.4) is 0 Å². The number of aliphatic carboxylic acids is 2. The summed E-state index contributed by atoms with van der Waals surface area (Å²) < 4.78 is 0. The van der Waals surface area contributed by atoms with E-state index in [1.807, 2.05) is 0 Å². The molecule has 0 aliphatic heterocycles. The van der Waals surface area contributed by atoms with Gasteiger partial charge < -0.3 is 13.1 Å². The standard InChI is InChI=1S/C15H28O4.K.Na.2H/c1-4-5-6-7-8-9-10-11-15(12(2)3,13(16)17)14(18)19;;;;/h12H,4-11H2,1-3H3,(H,16,17)(H,18,19);;;;/q;2*+1;2*-1. The van der Waals surface area contributed by atoms with Crippen LogP contribution in [0.5, 0.6) is 0 Å². The van der Waals surface area contributed by atoms with E-state index in [0.717, 1.165) is 19.3 Å². The van der Waals surface area contributed by atoms with E-state index in [9.17, 15) is 19.8 Å². The maximum absolute atomic E-state index is 11.3. The van der Waals surface area contributed by atoms with E-state index in [0.29, 0.717) is 6.42 Å². The first-order valence-electron chi connectivity index (χ1n) is 7.36. The van der Waals surface area contributed by atoms with Gasteiger partial charge in [-0.05, 0) is 12.3 Å². The topological polar surface area (TPSA) is 74.6 Å². The van der Waals surface area contributed by atoms with E-state index in [2.05, 4.69) is 6.92 Å². The first-order chi connectivity index (χ1) is 8.89. The Morgan fingerprint density at radius 1 is 0.952 bits per heavy atom. The third-order valence-electron chi connectivity index (χ3n) is 3.92. The molecule has 0 unspecified atom stereocenters. The summed E-state index contributed by atoms with van der Waals surface area (Å²) in [5, 5.41) is 18.5. The van der Waals surface area contributed by atoms with E-state index in [1.54, 1.807) is 13.8 Å². The molecule has 116 valence electrons. The van der Waals surface area contributed by atoms with Crippen molar-refractivity contribution >= 4 is 11.9 Å². The van der Waals surface area contributed by atoms with Crippen LogP contribution in [0.4, 0.5) is 0 Å². The molecule has 0 amide bonds. The van der Waals surface area contributed by atoms with E-state index < -0.39 is 23.3 Å². The largest absolute Gasteiger partial charge is 1.00 e. The molecule has 0 atom stereocenters. The fourth-order valence-electron chi connectivity index (χ4n) is 2.45. The molecule has 0 aliphatic carbocycles. The maximum atomic E-state index is 11.3. The van der Waals surface area contributed by atoms with Crippen LogP contribution in [-0.2, 0) is 9.59 Å². The van der Waals surface area contributed by atoms with Gasteiger partial charge in [-0.25, -0.2) is 0 Å². The number of rotatable bonds is 11. The average Bonchev–Trinajstić information content (AvgIpc) is 2.31. The molecule has 6 heteroatoms. The monoisotopic (exact) mass is 336 g/mol. The summed E-state index contributed by atoms with van der Waals surface area (Å²) in [5.74, 6) is -2.82. The molecule has 0 saturated carbocycles. The van der Waals surface area contributed by atoms with Crippen LogP contribution < -0.4 is 80.9 Å². The Balaban J connectivity index is -0.000000270. The van der Waals surface area contributed by atoms with Crippen molar-refractivity contribution < 1.29 is 104 Å². The van der Waals surface area contributed by atoms with E-state index in [-0.39, 0.29) is 90.2 Å². The Kier molecular flexibility index (Phi) is 19.8. The average molecular weight is 336 g/mol. The van der Waals surface area contributed by atoms with Crippen molar-refractivity contribution in [2.75, 3.05) is 0 Å². The first-order valence-corrected chi connectivity index (χ1v) is 7.36. The summed E-state index contributed by atoms with van der Waals surface area (Å²) in [6, 6.07) is 0. The van der Waals surface area contributed by atoms with Gasteiger partial charge in [0.05, 0.1) is 0 Å². The van der Waals surface area contributed by atoms with Gasteiger partial charge in [0.2, 0.25) is 0 Å². The second-order valence-corrected chi connectivity index (χ2v) is 5.61. The predicted octanol–water partition coefficient (Wildman–Crippen LogP) is -1.83. The van der Waals surface area contributed by atoms with Gasteiger partial charge in [0, 0.05) is 0 Å². The van der Waals surface area contributed by atoms with Crippen molar-refractivity contribution in [1.82, 2.24) is 0 Å². The summed E-state index contributed by atoms with van der Waals surface area (Å²) in [5.41, 5.74) is -1.62. The zero-order valence-corrected chi connectivity index (χ0v) is 19.6. The van der Waals surface area contributed by atoms with Crippen LogP contribution in [0, 0.1) is 11.3 Å². The Hall–Kier alpha value is 1.58. The van der Waals surface area contributed by atoms with Crippen molar-refractivity contribution in [2.45, 2.75) is 72.1 Å². The van der Waals surface area contributed by atoms with Gasteiger partial charge in [-0.1, -0.05) is 65.7 Å². The zero-order chi connectivity index (χ0) is 14.9. The van der Waals surface area contributed by atoms with E-state index >= 15 is 0 Å². The predicted molar refractivity (Wildman–Crippen MR) is 77.4 cm³/mol. The minimum absolute atomic E-state index is 0. The van der Waals surface area contributed by atoms with Crippen molar-refractivity contribution in [3.05, 3.63) is 0 Å². The summed E-state index contributed by atoms with van der Waals surface area (Å²) in [6.07, 6.45) is 7.68. The fourth-order valence-corrected chi connectivity index (χ4v) is 2.45. The summed E-state index contributed by atoms with van der Waals surface area (Å²) >= 11 is 0. The normalized spacial score (nSPS) is 10.7. The number of carboxylic acids is 2. The SMILES string of the molecule is CCCCCCCCCC(C(=O)O)(C(=O)O)C(C)C.[H-].[H-].[K+].[Na+]. The molecular formula is C15H30KNaO4. The molecule has 0 aromatic carbocycles. The quantitative estimate of drug-likeness (QED) is 0.264. The Bertz CT molecular complexity index is 291. The molecule has 0 spiro atoms. The second-order valence-electron chi connectivity index (χ2n) is 5.61. The van der Waals surface area contributed by atoms with Crippen LogP contribution in [-0.4, -0.2) is 22.2 Å². The number of hydrogen-bond acceptors (Lipinski definition) is 2. The van der Waals surface area contributed by atoms with Crippen LogP contribution in [0.25, 0.3) is 0 Å². The summed E-state index contributed by atoms with van der Waals surface area (Å²) in [4.78, 5) is 22.7. The fraction of sp³-hybridized carbons (Fsp3) is 0.867. The third kappa shape index (κ3) is 9.45. The molecule has 0 aromatic heterocycles. The van der Waals surface area contributed by atoms with Crippen LogP contribution >= 0.6 is 0 Å². The molecule has 0 rings (SSSR count). The van der Waals surface area contributed by atoms with Crippen LogP contribution in [0.1, 0.15) is 75.0 Å². The Morgan fingerprint density at radius 3 is 1.67 bits per heavy atom. The van der Waals surface area contributed by atoms with Gasteiger partial charge in [-0.3, -0.25) is 9.59 Å². The van der Waals surface area contributed by atoms with E-state index in [4.69, 9.17) is 0 Å². The van der Waals surface area contributed by atoms with Crippen LogP contribution in [0.2, 0.25) is 0 Å². The number of carbonyl (C=O) groups is 2. The molecule has 4 nitrogen and oxygen atoms in total. The molecule has 0 fully saturated rings. The second kappa shape index (κ2) is 15.1. The first kappa shape index (κ1) is 27.4. The van der Waals surface area contributed by atoms with Crippen molar-refractivity contribution in [3.8, 4) is 0 Å². The number of hydrogen-bond donors (Lipinski definition) is 2. The van der Waals surface area contributed by atoms with Gasteiger partial charge >= 0.3 is 92.9 Å². The molecule has 0 aromatic rings. The van der Waals surface area contributed by atoms with Crippen molar-refractivity contribution in [3.63, 3.8) is 0 Å². The smallest absolute Gasteiger partial charge is 1.00 e. The van der Waals surface area contributed by atoms with Crippen molar-refractivity contribution in [2.24, 2.45) is 11.3 Å². The van der Waals surface area contributed by atoms with Gasteiger partial charge in [0.15, 0.2) is 5.41 Å². The Labute approximate surface area is 196 Å². The van der Waals surface area contributed by atoms with Gasteiger partial charge in [0.1, 0.15) is 0 Å². The molecule has 0 bridgehead atoms. The third-order valence-corrected chi connectivity index (χ3v) is 3.92. The van der Waals surface area contributed by atoms with Gasteiger partial charge in [0.25, 0.3) is 0 Å². The summed E-state index contributed by atoms with van der Waals surface area (Å²) in [6.45, 7) is 5.50. The molecule has 0 aliphatic rings. The molecular weight excluding hydrogens is 306 g/mol. The number of unbranched alkanes of at least 4 members (excludes halogenated alkanes) is 6. The maximum Gasteiger partial charge on any atom is 1.00 e. The molecule has 2 N–H and O–H groups in total. The number of carboxylic acid groups (broad SMARTS) is 2. The molecule has 21 heavy (non-hydrogen) atoms. The minimum atomic E-state index is -1.62. The van der Waals surface area contributed by atoms with E-state index in [1.165, 1.54) is 19.3 Å². The Morgan fingerprint density at radius 2 is 1.33 bits per heavy atom. The molecule has 0 heterocycles. The molecule has 0 saturated heterocycles.